The van der Waals surface area contributed by atoms with Crippen LogP contribution in [0.15, 0.2) is 24.3 Å². The average Bonchev–Trinajstić information content (AvgIpc) is 2.42. The average molecular weight is 247 g/mol. The highest BCUT2D eigenvalue weighted by molar-refractivity contribution is 5.34. The highest BCUT2D eigenvalue weighted by Crippen LogP contribution is 2.34. The Morgan fingerprint density at radius 3 is 2.44 bits per heavy atom. The molecule has 0 aromatic heterocycles. The number of aromatic hydroxyl groups is 1. The van der Waals surface area contributed by atoms with Crippen molar-refractivity contribution in [2.75, 3.05) is 13.1 Å². The Kier molecular flexibility index (Phi) is 4.65. The molecule has 1 aliphatic rings. The first-order valence-corrected chi connectivity index (χ1v) is 7.28. The van der Waals surface area contributed by atoms with Crippen molar-refractivity contribution in [1.29, 1.82) is 0 Å². The fourth-order valence-electron chi connectivity index (χ4n) is 3.12. The van der Waals surface area contributed by atoms with E-state index in [9.17, 15) is 5.11 Å². The van der Waals surface area contributed by atoms with E-state index < -0.39 is 0 Å². The molecular weight excluding hydrogens is 222 g/mol. The minimum absolute atomic E-state index is 0.379. The largest absolute Gasteiger partial charge is 0.508 e. The molecule has 18 heavy (non-hydrogen) atoms. The highest BCUT2D eigenvalue weighted by Gasteiger charge is 2.25. The van der Waals surface area contributed by atoms with Crippen LogP contribution in [0.5, 0.6) is 5.75 Å². The molecule has 0 amide bonds. The van der Waals surface area contributed by atoms with Crippen LogP contribution in [0.2, 0.25) is 0 Å². The number of nitrogens with zero attached hydrogens (tertiary/aromatic N) is 1. The summed E-state index contributed by atoms with van der Waals surface area (Å²) in [6.07, 6.45) is 4.98. The Hall–Kier alpha value is -1.02. The molecule has 1 aromatic carbocycles. The number of para-hydroxylation sites is 1. The van der Waals surface area contributed by atoms with Crippen molar-refractivity contribution >= 4 is 0 Å². The van der Waals surface area contributed by atoms with Gasteiger partial charge < -0.3 is 5.11 Å². The van der Waals surface area contributed by atoms with E-state index in [0.29, 0.717) is 11.8 Å². The number of hydrogen-bond acceptors (Lipinski definition) is 2. The van der Waals surface area contributed by atoms with Crippen LogP contribution < -0.4 is 0 Å². The summed E-state index contributed by atoms with van der Waals surface area (Å²) in [7, 11) is 0. The van der Waals surface area contributed by atoms with E-state index in [1.807, 2.05) is 12.1 Å². The lowest BCUT2D eigenvalue weighted by Crippen LogP contribution is -2.36. The van der Waals surface area contributed by atoms with Crippen LogP contribution in [-0.2, 0) is 0 Å². The Labute approximate surface area is 111 Å². The smallest absolute Gasteiger partial charge is 0.120 e. The molecule has 1 saturated heterocycles. The van der Waals surface area contributed by atoms with Crippen molar-refractivity contribution < 1.29 is 5.11 Å². The maximum atomic E-state index is 10.0. The van der Waals surface area contributed by atoms with Crippen LogP contribution in [0, 0.1) is 5.92 Å². The monoisotopic (exact) mass is 247 g/mol. The molecule has 0 spiro atoms. The zero-order valence-corrected chi connectivity index (χ0v) is 11.6. The lowest BCUT2D eigenvalue weighted by Gasteiger charge is -2.37. The standard InChI is InChI=1S/C16H25NO/c1-3-13-9-11-17(12-10-13)15(4-2)14-7-5-6-8-16(14)18/h5-8,13,15,18H,3-4,9-12H2,1-2H3. The summed E-state index contributed by atoms with van der Waals surface area (Å²) in [5, 5.41) is 10.0. The quantitative estimate of drug-likeness (QED) is 0.870. The van der Waals surface area contributed by atoms with Crippen molar-refractivity contribution in [3.8, 4) is 5.75 Å². The van der Waals surface area contributed by atoms with Gasteiger partial charge in [0.05, 0.1) is 0 Å². The molecule has 1 fully saturated rings. The Balaban J connectivity index is 2.08. The zero-order valence-electron chi connectivity index (χ0n) is 11.6. The van der Waals surface area contributed by atoms with Gasteiger partial charge in [0, 0.05) is 11.6 Å². The normalized spacial score (nSPS) is 19.9. The predicted molar refractivity (Wildman–Crippen MR) is 75.7 cm³/mol. The lowest BCUT2D eigenvalue weighted by molar-refractivity contribution is 0.126. The summed E-state index contributed by atoms with van der Waals surface area (Å²) in [4.78, 5) is 2.54. The van der Waals surface area contributed by atoms with Crippen LogP contribution in [0.25, 0.3) is 0 Å². The molecule has 1 aromatic rings. The molecule has 0 aliphatic carbocycles. The fourth-order valence-corrected chi connectivity index (χ4v) is 3.12. The molecule has 1 atom stereocenters. The van der Waals surface area contributed by atoms with Crippen molar-refractivity contribution in [2.45, 2.75) is 45.6 Å². The van der Waals surface area contributed by atoms with Gasteiger partial charge in [0.2, 0.25) is 0 Å². The van der Waals surface area contributed by atoms with Crippen molar-refractivity contribution in [1.82, 2.24) is 4.90 Å². The van der Waals surface area contributed by atoms with Gasteiger partial charge in [-0.15, -0.1) is 0 Å². The number of benzene rings is 1. The summed E-state index contributed by atoms with van der Waals surface area (Å²) >= 11 is 0. The molecule has 1 heterocycles. The van der Waals surface area contributed by atoms with Gasteiger partial charge >= 0.3 is 0 Å². The van der Waals surface area contributed by atoms with E-state index in [0.717, 1.165) is 17.9 Å². The summed E-state index contributed by atoms with van der Waals surface area (Å²) < 4.78 is 0. The molecule has 0 bridgehead atoms. The van der Waals surface area contributed by atoms with E-state index in [4.69, 9.17) is 0 Å². The number of hydrogen-bond donors (Lipinski definition) is 1. The first-order chi connectivity index (χ1) is 8.76. The van der Waals surface area contributed by atoms with Crippen molar-refractivity contribution in [2.24, 2.45) is 5.92 Å². The van der Waals surface area contributed by atoms with Crippen molar-refractivity contribution in [3.63, 3.8) is 0 Å². The Bertz CT molecular complexity index is 369. The molecule has 2 rings (SSSR count). The maximum Gasteiger partial charge on any atom is 0.120 e. The maximum absolute atomic E-state index is 10.0. The van der Waals surface area contributed by atoms with Gasteiger partial charge in [-0.3, -0.25) is 4.90 Å². The third kappa shape index (κ3) is 2.86. The molecule has 1 aliphatic heterocycles. The third-order valence-corrected chi connectivity index (χ3v) is 4.35. The summed E-state index contributed by atoms with van der Waals surface area (Å²) in [6.45, 7) is 6.85. The lowest BCUT2D eigenvalue weighted by atomic mass is 9.91. The van der Waals surface area contributed by atoms with E-state index in [-0.39, 0.29) is 0 Å². The van der Waals surface area contributed by atoms with Crippen molar-refractivity contribution in [3.05, 3.63) is 29.8 Å². The first-order valence-electron chi connectivity index (χ1n) is 7.28. The minimum atomic E-state index is 0.379. The topological polar surface area (TPSA) is 23.5 Å². The number of phenols is 1. The van der Waals surface area contributed by atoms with Crippen LogP contribution in [0.4, 0.5) is 0 Å². The van der Waals surface area contributed by atoms with Gasteiger partial charge in [0.1, 0.15) is 5.75 Å². The van der Waals surface area contributed by atoms with Gasteiger partial charge in [-0.2, -0.15) is 0 Å². The molecule has 2 nitrogen and oxygen atoms in total. The van der Waals surface area contributed by atoms with Crippen LogP contribution in [0.1, 0.15) is 51.1 Å². The molecule has 1 unspecified atom stereocenters. The molecule has 1 N–H and O–H groups in total. The fraction of sp³-hybridized carbons (Fsp3) is 0.625. The van der Waals surface area contributed by atoms with E-state index in [2.05, 4.69) is 24.8 Å². The van der Waals surface area contributed by atoms with Gasteiger partial charge in [0.15, 0.2) is 0 Å². The molecular formula is C16H25NO. The van der Waals surface area contributed by atoms with Crippen LogP contribution >= 0.6 is 0 Å². The number of likely N-dealkylation sites (tertiary alicyclic amines) is 1. The SMILES string of the molecule is CCC1CCN(C(CC)c2ccccc2O)CC1. The number of phenolic OH excluding ortho intramolecular Hbond substituents is 1. The molecule has 0 saturated carbocycles. The highest BCUT2D eigenvalue weighted by atomic mass is 16.3. The summed E-state index contributed by atoms with van der Waals surface area (Å²) in [6, 6.07) is 8.17. The minimum Gasteiger partial charge on any atom is -0.508 e. The summed E-state index contributed by atoms with van der Waals surface area (Å²) in [5.41, 5.74) is 1.09. The van der Waals surface area contributed by atoms with Gasteiger partial charge in [-0.05, 0) is 44.3 Å². The molecule has 100 valence electrons. The van der Waals surface area contributed by atoms with Crippen LogP contribution in [0.3, 0.4) is 0 Å². The zero-order chi connectivity index (χ0) is 13.0. The Morgan fingerprint density at radius 1 is 1.22 bits per heavy atom. The summed E-state index contributed by atoms with van der Waals surface area (Å²) in [5.74, 6) is 1.35. The second-order valence-corrected chi connectivity index (χ2v) is 5.37. The van der Waals surface area contributed by atoms with Gasteiger partial charge in [0.25, 0.3) is 0 Å². The number of rotatable bonds is 4. The van der Waals surface area contributed by atoms with E-state index in [1.54, 1.807) is 6.07 Å². The van der Waals surface area contributed by atoms with Gasteiger partial charge in [-0.1, -0.05) is 38.5 Å². The van der Waals surface area contributed by atoms with Gasteiger partial charge in [-0.25, -0.2) is 0 Å². The second-order valence-electron chi connectivity index (χ2n) is 5.37. The third-order valence-electron chi connectivity index (χ3n) is 4.35. The Morgan fingerprint density at radius 2 is 1.89 bits per heavy atom. The van der Waals surface area contributed by atoms with Crippen LogP contribution in [-0.4, -0.2) is 23.1 Å². The predicted octanol–water partition coefficient (Wildman–Crippen LogP) is 3.97. The second kappa shape index (κ2) is 6.24. The first kappa shape index (κ1) is 13.4. The molecule has 2 heteroatoms. The molecule has 0 radical (unpaired) electrons. The van der Waals surface area contributed by atoms with E-state index >= 15 is 0 Å². The van der Waals surface area contributed by atoms with E-state index in [1.165, 1.54) is 32.4 Å². The number of piperidine rings is 1.